The van der Waals surface area contributed by atoms with Crippen LogP contribution < -0.4 is 10.2 Å². The first-order valence-corrected chi connectivity index (χ1v) is 11.0. The molecule has 0 bridgehead atoms. The van der Waals surface area contributed by atoms with Crippen molar-refractivity contribution in [3.63, 3.8) is 0 Å². The molecule has 168 valence electrons. The predicted octanol–water partition coefficient (Wildman–Crippen LogP) is 4.12. The van der Waals surface area contributed by atoms with Gasteiger partial charge in [0.15, 0.2) is 0 Å². The van der Waals surface area contributed by atoms with Crippen LogP contribution in [0.3, 0.4) is 0 Å². The first-order chi connectivity index (χ1) is 16.1. The number of anilines is 2. The molecule has 0 aliphatic carbocycles. The lowest BCUT2D eigenvalue weighted by Gasteiger charge is -2.36. The van der Waals surface area contributed by atoms with Crippen LogP contribution in [0.5, 0.6) is 0 Å². The third-order valence-corrected chi connectivity index (χ3v) is 5.71. The third kappa shape index (κ3) is 6.08. The lowest BCUT2D eigenvalue weighted by atomic mass is 10.1. The summed E-state index contributed by atoms with van der Waals surface area (Å²) < 4.78 is 0. The van der Waals surface area contributed by atoms with Gasteiger partial charge in [0.25, 0.3) is 0 Å². The minimum atomic E-state index is -1.14. The second kappa shape index (κ2) is 10.6. The van der Waals surface area contributed by atoms with Crippen molar-refractivity contribution in [1.29, 1.82) is 0 Å². The van der Waals surface area contributed by atoms with Crippen LogP contribution in [0.25, 0.3) is 5.57 Å². The SMILES string of the molecule is O=C(/C=C(/C(=O)O)c1ccccc1)Nc1ccc(N2CCN(Cc3ccccc3)CC2)cc1. The van der Waals surface area contributed by atoms with E-state index >= 15 is 0 Å². The fourth-order valence-electron chi connectivity index (χ4n) is 3.96. The zero-order chi connectivity index (χ0) is 23.0. The number of hydrogen-bond acceptors (Lipinski definition) is 4. The number of piperazine rings is 1. The van der Waals surface area contributed by atoms with Crippen molar-refractivity contribution < 1.29 is 14.7 Å². The number of benzene rings is 3. The summed E-state index contributed by atoms with van der Waals surface area (Å²) in [7, 11) is 0. The monoisotopic (exact) mass is 441 g/mol. The Bertz CT molecular complexity index is 1100. The zero-order valence-electron chi connectivity index (χ0n) is 18.4. The molecule has 6 heteroatoms. The van der Waals surface area contributed by atoms with Gasteiger partial charge in [-0.3, -0.25) is 9.69 Å². The van der Waals surface area contributed by atoms with Gasteiger partial charge in [0.1, 0.15) is 0 Å². The molecule has 0 aromatic heterocycles. The van der Waals surface area contributed by atoms with E-state index in [1.807, 2.05) is 30.3 Å². The average Bonchev–Trinajstić information content (AvgIpc) is 2.85. The summed E-state index contributed by atoms with van der Waals surface area (Å²) in [5.74, 6) is -1.61. The van der Waals surface area contributed by atoms with Crippen molar-refractivity contribution in [3.8, 4) is 0 Å². The van der Waals surface area contributed by atoms with Crippen LogP contribution in [0.15, 0.2) is 91.0 Å². The Morgan fingerprint density at radius 3 is 2.03 bits per heavy atom. The van der Waals surface area contributed by atoms with Crippen LogP contribution in [0.1, 0.15) is 11.1 Å². The number of nitrogens with zero attached hydrogens (tertiary/aromatic N) is 2. The molecule has 1 heterocycles. The van der Waals surface area contributed by atoms with Crippen LogP contribution in [-0.2, 0) is 16.1 Å². The number of carboxylic acid groups (broad SMARTS) is 1. The summed E-state index contributed by atoms with van der Waals surface area (Å²) in [6, 6.07) is 26.8. The summed E-state index contributed by atoms with van der Waals surface area (Å²) in [5.41, 5.74) is 3.51. The Morgan fingerprint density at radius 2 is 1.42 bits per heavy atom. The molecule has 0 saturated carbocycles. The molecule has 2 N–H and O–H groups in total. The van der Waals surface area contributed by atoms with Gasteiger partial charge in [-0.05, 0) is 35.4 Å². The lowest BCUT2D eigenvalue weighted by molar-refractivity contribution is -0.130. The van der Waals surface area contributed by atoms with E-state index in [1.54, 1.807) is 30.3 Å². The summed E-state index contributed by atoms with van der Waals surface area (Å²) in [6.07, 6.45) is 1.12. The second-order valence-corrected chi connectivity index (χ2v) is 8.01. The Morgan fingerprint density at radius 1 is 0.818 bits per heavy atom. The molecule has 0 spiro atoms. The van der Waals surface area contributed by atoms with Gasteiger partial charge in [-0.2, -0.15) is 0 Å². The molecule has 0 unspecified atom stereocenters. The van der Waals surface area contributed by atoms with Gasteiger partial charge in [-0.1, -0.05) is 60.7 Å². The molecule has 0 radical (unpaired) electrons. The number of carbonyl (C=O) groups is 2. The molecule has 3 aromatic carbocycles. The van der Waals surface area contributed by atoms with Crippen molar-refractivity contribution in [2.24, 2.45) is 0 Å². The van der Waals surface area contributed by atoms with Gasteiger partial charge in [0.05, 0.1) is 5.57 Å². The highest BCUT2D eigenvalue weighted by atomic mass is 16.4. The number of carboxylic acids is 1. The number of hydrogen-bond donors (Lipinski definition) is 2. The largest absolute Gasteiger partial charge is 0.478 e. The van der Waals surface area contributed by atoms with Gasteiger partial charge >= 0.3 is 5.97 Å². The number of amides is 1. The van der Waals surface area contributed by atoms with E-state index in [1.165, 1.54) is 5.56 Å². The number of carbonyl (C=O) groups excluding carboxylic acids is 1. The topological polar surface area (TPSA) is 72.9 Å². The van der Waals surface area contributed by atoms with Crippen molar-refractivity contribution in [3.05, 3.63) is 102 Å². The fraction of sp³-hybridized carbons (Fsp3) is 0.185. The standard InChI is InChI=1S/C27H27N3O3/c31-26(19-25(27(32)33)22-9-5-2-6-10-22)28-23-11-13-24(14-12-23)30-17-15-29(16-18-30)20-21-7-3-1-4-8-21/h1-14,19H,15-18,20H2,(H,28,31)(H,32,33)/b25-19+. The first kappa shape index (κ1) is 22.3. The fourth-order valence-corrected chi connectivity index (χ4v) is 3.96. The lowest BCUT2D eigenvalue weighted by Crippen LogP contribution is -2.45. The molecule has 0 atom stereocenters. The van der Waals surface area contributed by atoms with E-state index in [9.17, 15) is 14.7 Å². The zero-order valence-corrected chi connectivity index (χ0v) is 18.4. The Balaban J connectivity index is 1.33. The number of aliphatic carboxylic acids is 1. The van der Waals surface area contributed by atoms with Gasteiger partial charge in [0.2, 0.25) is 5.91 Å². The predicted molar refractivity (Wildman–Crippen MR) is 131 cm³/mol. The maximum atomic E-state index is 12.4. The minimum Gasteiger partial charge on any atom is -0.478 e. The van der Waals surface area contributed by atoms with Crippen LogP contribution in [-0.4, -0.2) is 48.1 Å². The minimum absolute atomic E-state index is 0.0434. The third-order valence-electron chi connectivity index (χ3n) is 5.71. The summed E-state index contributed by atoms with van der Waals surface area (Å²) >= 11 is 0. The Hall–Kier alpha value is -3.90. The molecule has 6 nitrogen and oxygen atoms in total. The van der Waals surface area contributed by atoms with Crippen molar-refractivity contribution in [1.82, 2.24) is 4.90 Å². The molecule has 1 aliphatic heterocycles. The Kier molecular flexibility index (Phi) is 7.17. The van der Waals surface area contributed by atoms with Crippen LogP contribution in [0, 0.1) is 0 Å². The normalized spacial score (nSPS) is 14.7. The molecule has 1 amide bonds. The maximum absolute atomic E-state index is 12.4. The van der Waals surface area contributed by atoms with Gasteiger partial charge in [-0.15, -0.1) is 0 Å². The quantitative estimate of drug-likeness (QED) is 0.540. The summed E-state index contributed by atoms with van der Waals surface area (Å²) in [4.78, 5) is 28.8. The van der Waals surface area contributed by atoms with Crippen molar-refractivity contribution >= 4 is 28.8 Å². The Labute approximate surface area is 193 Å². The average molecular weight is 442 g/mol. The van der Waals surface area contributed by atoms with Gasteiger partial charge < -0.3 is 15.3 Å². The molecule has 1 saturated heterocycles. The highest BCUT2D eigenvalue weighted by Crippen LogP contribution is 2.21. The number of rotatable bonds is 7. The van der Waals surface area contributed by atoms with Crippen LogP contribution in [0.4, 0.5) is 11.4 Å². The van der Waals surface area contributed by atoms with Gasteiger partial charge in [-0.25, -0.2) is 4.79 Å². The second-order valence-electron chi connectivity index (χ2n) is 8.01. The molecule has 3 aromatic rings. The summed E-state index contributed by atoms with van der Waals surface area (Å²) in [6.45, 7) is 4.85. The van der Waals surface area contributed by atoms with E-state index < -0.39 is 11.9 Å². The molecule has 1 fully saturated rings. The van der Waals surface area contributed by atoms with Crippen molar-refractivity contribution in [2.45, 2.75) is 6.54 Å². The first-order valence-electron chi connectivity index (χ1n) is 11.0. The van der Waals surface area contributed by atoms with Crippen LogP contribution in [0.2, 0.25) is 0 Å². The number of nitrogens with one attached hydrogen (secondary N) is 1. The van der Waals surface area contributed by atoms with Crippen molar-refractivity contribution in [2.75, 3.05) is 36.4 Å². The van der Waals surface area contributed by atoms with E-state index in [0.29, 0.717) is 11.3 Å². The van der Waals surface area contributed by atoms with E-state index in [4.69, 9.17) is 0 Å². The van der Waals surface area contributed by atoms with E-state index in [-0.39, 0.29) is 5.57 Å². The molecule has 4 rings (SSSR count). The van der Waals surface area contributed by atoms with Gasteiger partial charge in [0, 0.05) is 50.2 Å². The van der Waals surface area contributed by atoms with Crippen LogP contribution >= 0.6 is 0 Å². The molecular formula is C27H27N3O3. The molecular weight excluding hydrogens is 414 g/mol. The maximum Gasteiger partial charge on any atom is 0.336 e. The van der Waals surface area contributed by atoms with E-state index in [2.05, 4.69) is 39.4 Å². The molecule has 1 aliphatic rings. The van der Waals surface area contributed by atoms with E-state index in [0.717, 1.165) is 44.5 Å². The highest BCUT2D eigenvalue weighted by molar-refractivity contribution is 6.21. The summed E-state index contributed by atoms with van der Waals surface area (Å²) in [5, 5.41) is 12.2. The highest BCUT2D eigenvalue weighted by Gasteiger charge is 2.17. The smallest absolute Gasteiger partial charge is 0.336 e. The molecule has 33 heavy (non-hydrogen) atoms.